The number of anilines is 1. The van der Waals surface area contributed by atoms with E-state index in [1.807, 2.05) is 6.92 Å². The predicted molar refractivity (Wildman–Crippen MR) is 75.1 cm³/mol. The second-order valence-corrected chi connectivity index (χ2v) is 5.26. The fraction of sp³-hybridized carbons (Fsp3) is 0.308. The first-order chi connectivity index (χ1) is 8.90. The standard InChI is InChI=1S/C13H15BrFN3O/c1-7-13(14)11(18(2)17-7)6-12(19)9-5-8(15)3-4-10(9)16/h3-5,12,19H,6,16H2,1-2H3. The molecule has 0 aliphatic carbocycles. The van der Waals surface area contributed by atoms with E-state index in [2.05, 4.69) is 21.0 Å². The first-order valence-corrected chi connectivity index (χ1v) is 6.60. The van der Waals surface area contributed by atoms with Crippen LogP contribution in [0.4, 0.5) is 10.1 Å². The molecular formula is C13H15BrFN3O. The summed E-state index contributed by atoms with van der Waals surface area (Å²) in [5.74, 6) is -0.413. The monoisotopic (exact) mass is 327 g/mol. The molecule has 0 aliphatic heterocycles. The van der Waals surface area contributed by atoms with Gasteiger partial charge in [0.25, 0.3) is 0 Å². The fourth-order valence-electron chi connectivity index (χ4n) is 2.03. The summed E-state index contributed by atoms with van der Waals surface area (Å²) < 4.78 is 15.8. The Bertz CT molecular complexity index is 612. The minimum atomic E-state index is -0.873. The van der Waals surface area contributed by atoms with Gasteiger partial charge in [0.15, 0.2) is 0 Å². The molecule has 0 aliphatic rings. The van der Waals surface area contributed by atoms with Crippen LogP contribution in [-0.2, 0) is 13.5 Å². The van der Waals surface area contributed by atoms with Crippen molar-refractivity contribution in [2.75, 3.05) is 5.73 Å². The number of aromatic nitrogens is 2. The van der Waals surface area contributed by atoms with Gasteiger partial charge < -0.3 is 10.8 Å². The smallest absolute Gasteiger partial charge is 0.123 e. The number of halogens is 2. The third-order valence-corrected chi connectivity index (χ3v) is 4.09. The molecule has 0 saturated carbocycles. The van der Waals surface area contributed by atoms with Gasteiger partial charge in [0.1, 0.15) is 5.82 Å². The van der Waals surface area contributed by atoms with Crippen LogP contribution in [0.3, 0.4) is 0 Å². The van der Waals surface area contributed by atoms with E-state index in [-0.39, 0.29) is 0 Å². The number of aryl methyl sites for hydroxylation is 2. The molecule has 0 amide bonds. The molecule has 2 rings (SSSR count). The Kier molecular flexibility index (Phi) is 3.91. The van der Waals surface area contributed by atoms with Crippen LogP contribution in [0.5, 0.6) is 0 Å². The van der Waals surface area contributed by atoms with E-state index in [1.165, 1.54) is 18.2 Å². The zero-order chi connectivity index (χ0) is 14.2. The third kappa shape index (κ3) is 2.79. The lowest BCUT2D eigenvalue weighted by atomic mass is 10.0. The van der Waals surface area contributed by atoms with Crippen LogP contribution in [0.25, 0.3) is 0 Å². The zero-order valence-electron chi connectivity index (χ0n) is 10.7. The Hall–Kier alpha value is -1.40. The maximum Gasteiger partial charge on any atom is 0.123 e. The van der Waals surface area contributed by atoms with Crippen LogP contribution in [-0.4, -0.2) is 14.9 Å². The summed E-state index contributed by atoms with van der Waals surface area (Å²) in [4.78, 5) is 0. The maximum absolute atomic E-state index is 13.2. The van der Waals surface area contributed by atoms with E-state index in [0.29, 0.717) is 17.7 Å². The van der Waals surface area contributed by atoms with Gasteiger partial charge in [0, 0.05) is 24.7 Å². The maximum atomic E-state index is 13.2. The van der Waals surface area contributed by atoms with Crippen molar-refractivity contribution >= 4 is 21.6 Å². The molecule has 102 valence electrons. The van der Waals surface area contributed by atoms with Gasteiger partial charge in [-0.3, -0.25) is 4.68 Å². The molecule has 1 aromatic carbocycles. The van der Waals surface area contributed by atoms with Crippen LogP contribution < -0.4 is 5.73 Å². The summed E-state index contributed by atoms with van der Waals surface area (Å²) in [6, 6.07) is 3.99. The predicted octanol–water partition coefficient (Wildman–Crippen LogP) is 2.49. The number of nitrogen functional groups attached to an aromatic ring is 1. The Morgan fingerprint density at radius 1 is 1.53 bits per heavy atom. The van der Waals surface area contributed by atoms with E-state index in [0.717, 1.165) is 15.9 Å². The Morgan fingerprint density at radius 2 is 2.21 bits per heavy atom. The van der Waals surface area contributed by atoms with Gasteiger partial charge in [-0.15, -0.1) is 0 Å². The lowest BCUT2D eigenvalue weighted by Crippen LogP contribution is -2.09. The Labute approximate surface area is 119 Å². The van der Waals surface area contributed by atoms with Crippen molar-refractivity contribution in [1.29, 1.82) is 0 Å². The van der Waals surface area contributed by atoms with E-state index in [4.69, 9.17) is 5.73 Å². The number of nitrogens with two attached hydrogens (primary N) is 1. The number of aliphatic hydroxyl groups is 1. The molecule has 6 heteroatoms. The molecule has 2 aromatic rings. The molecule has 0 bridgehead atoms. The normalized spacial score (nSPS) is 12.7. The van der Waals surface area contributed by atoms with Gasteiger partial charge >= 0.3 is 0 Å². The molecule has 3 N–H and O–H groups in total. The molecule has 19 heavy (non-hydrogen) atoms. The number of hydrogen-bond acceptors (Lipinski definition) is 3. The van der Waals surface area contributed by atoms with Gasteiger partial charge in [-0.05, 0) is 41.1 Å². The summed E-state index contributed by atoms with van der Waals surface area (Å²) in [5.41, 5.74) is 8.22. The van der Waals surface area contributed by atoms with E-state index in [1.54, 1.807) is 11.7 Å². The lowest BCUT2D eigenvalue weighted by Gasteiger charge is -2.14. The van der Waals surface area contributed by atoms with Crippen molar-refractivity contribution in [2.24, 2.45) is 7.05 Å². The van der Waals surface area contributed by atoms with Crippen LogP contribution in [0.15, 0.2) is 22.7 Å². The van der Waals surface area contributed by atoms with Crippen LogP contribution in [0.1, 0.15) is 23.1 Å². The molecule has 1 heterocycles. The zero-order valence-corrected chi connectivity index (χ0v) is 12.3. The van der Waals surface area contributed by atoms with Gasteiger partial charge in [-0.1, -0.05) is 0 Å². The van der Waals surface area contributed by atoms with Gasteiger partial charge in [0.2, 0.25) is 0 Å². The molecule has 1 aromatic heterocycles. The SMILES string of the molecule is Cc1nn(C)c(CC(O)c2cc(F)ccc2N)c1Br. The molecule has 0 radical (unpaired) electrons. The minimum absolute atomic E-state index is 0.311. The number of rotatable bonds is 3. The molecule has 4 nitrogen and oxygen atoms in total. The highest BCUT2D eigenvalue weighted by atomic mass is 79.9. The van der Waals surface area contributed by atoms with Crippen molar-refractivity contribution in [3.05, 3.63) is 45.4 Å². The highest BCUT2D eigenvalue weighted by Crippen LogP contribution is 2.28. The average molecular weight is 328 g/mol. The topological polar surface area (TPSA) is 64.1 Å². The molecule has 0 saturated heterocycles. The van der Waals surface area contributed by atoms with Gasteiger partial charge in [0.05, 0.1) is 22.0 Å². The number of nitrogens with zero attached hydrogens (tertiary/aromatic N) is 2. The lowest BCUT2D eigenvalue weighted by molar-refractivity contribution is 0.176. The number of aliphatic hydroxyl groups excluding tert-OH is 1. The van der Waals surface area contributed by atoms with Crippen LogP contribution in [0.2, 0.25) is 0 Å². The fourth-order valence-corrected chi connectivity index (χ4v) is 2.53. The average Bonchev–Trinajstić information content (AvgIpc) is 2.59. The summed E-state index contributed by atoms with van der Waals surface area (Å²) >= 11 is 3.44. The van der Waals surface area contributed by atoms with Crippen LogP contribution >= 0.6 is 15.9 Å². The minimum Gasteiger partial charge on any atom is -0.398 e. The Morgan fingerprint density at radius 3 is 2.79 bits per heavy atom. The summed E-state index contributed by atoms with van der Waals surface area (Å²) in [6.07, 6.45) is -0.562. The van der Waals surface area contributed by atoms with Crippen molar-refractivity contribution in [2.45, 2.75) is 19.4 Å². The molecular weight excluding hydrogens is 313 g/mol. The molecule has 0 fully saturated rings. The number of hydrogen-bond donors (Lipinski definition) is 2. The van der Waals surface area contributed by atoms with Crippen molar-refractivity contribution in [3.8, 4) is 0 Å². The summed E-state index contributed by atoms with van der Waals surface area (Å²) in [5, 5.41) is 14.5. The van der Waals surface area contributed by atoms with Crippen molar-refractivity contribution < 1.29 is 9.50 Å². The molecule has 0 spiro atoms. The third-order valence-electron chi connectivity index (χ3n) is 3.06. The molecule has 1 unspecified atom stereocenters. The van der Waals surface area contributed by atoms with E-state index >= 15 is 0 Å². The summed E-state index contributed by atoms with van der Waals surface area (Å²) in [6.45, 7) is 1.87. The number of benzene rings is 1. The largest absolute Gasteiger partial charge is 0.398 e. The van der Waals surface area contributed by atoms with E-state index < -0.39 is 11.9 Å². The van der Waals surface area contributed by atoms with Crippen LogP contribution in [0, 0.1) is 12.7 Å². The Balaban J connectivity index is 2.30. The van der Waals surface area contributed by atoms with Gasteiger partial charge in [-0.25, -0.2) is 4.39 Å². The highest BCUT2D eigenvalue weighted by molar-refractivity contribution is 9.10. The second-order valence-electron chi connectivity index (χ2n) is 4.46. The second kappa shape index (κ2) is 5.30. The highest BCUT2D eigenvalue weighted by Gasteiger charge is 2.18. The summed E-state index contributed by atoms with van der Waals surface area (Å²) in [7, 11) is 1.80. The van der Waals surface area contributed by atoms with Crippen molar-refractivity contribution in [3.63, 3.8) is 0 Å². The molecule has 1 atom stereocenters. The first-order valence-electron chi connectivity index (χ1n) is 5.81. The van der Waals surface area contributed by atoms with E-state index in [9.17, 15) is 9.50 Å². The quantitative estimate of drug-likeness (QED) is 0.851. The van der Waals surface area contributed by atoms with Crippen molar-refractivity contribution in [1.82, 2.24) is 9.78 Å². The first kappa shape index (κ1) is 14.0. The van der Waals surface area contributed by atoms with Gasteiger partial charge in [-0.2, -0.15) is 5.10 Å².